The van der Waals surface area contributed by atoms with E-state index in [4.69, 9.17) is 4.74 Å². The Morgan fingerprint density at radius 1 is 1.03 bits per heavy atom. The van der Waals surface area contributed by atoms with Crippen LogP contribution in [0.1, 0.15) is 31.4 Å². The molecule has 160 valence electrons. The number of hydrogen-bond donors (Lipinski definition) is 0. The average molecular weight is 418 g/mol. The van der Waals surface area contributed by atoms with Crippen molar-refractivity contribution in [2.75, 3.05) is 19.6 Å². The lowest BCUT2D eigenvalue weighted by Crippen LogP contribution is -2.48. The molecule has 0 aliphatic carbocycles. The molecule has 7 nitrogen and oxygen atoms in total. The van der Waals surface area contributed by atoms with Crippen molar-refractivity contribution in [3.05, 3.63) is 54.4 Å². The number of aryl methyl sites for hydroxylation is 1. The van der Waals surface area contributed by atoms with Gasteiger partial charge in [-0.15, -0.1) is 0 Å². The van der Waals surface area contributed by atoms with Gasteiger partial charge in [0.1, 0.15) is 11.9 Å². The Bertz CT molecular complexity index is 1110. The van der Waals surface area contributed by atoms with Gasteiger partial charge in [-0.3, -0.25) is 9.69 Å². The Labute approximate surface area is 181 Å². The van der Waals surface area contributed by atoms with Crippen molar-refractivity contribution in [2.24, 2.45) is 0 Å². The summed E-state index contributed by atoms with van der Waals surface area (Å²) >= 11 is 0. The van der Waals surface area contributed by atoms with E-state index in [1.807, 2.05) is 28.9 Å². The first-order valence-electron chi connectivity index (χ1n) is 10.9. The summed E-state index contributed by atoms with van der Waals surface area (Å²) in [7, 11) is 0. The third kappa shape index (κ3) is 3.76. The van der Waals surface area contributed by atoms with Gasteiger partial charge in [0.2, 0.25) is 5.91 Å². The number of nitrogens with zero attached hydrogens (tertiary/aromatic N) is 4. The fourth-order valence-corrected chi connectivity index (χ4v) is 4.52. The smallest absolute Gasteiger partial charge is 0.326 e. The molecule has 0 bridgehead atoms. The maximum absolute atomic E-state index is 12.5. The molecule has 7 heteroatoms. The van der Waals surface area contributed by atoms with Gasteiger partial charge in [0.25, 0.3) is 0 Å². The molecular weight excluding hydrogens is 392 g/mol. The van der Waals surface area contributed by atoms with E-state index in [2.05, 4.69) is 36.3 Å². The SMILES string of the molecule is Cc1c(-c2ccc(OC3CCN(C(=O)N4CCCC4=O)CC3)cc2)ccc2ccnn12. The molecule has 2 saturated heterocycles. The van der Waals surface area contributed by atoms with E-state index in [1.54, 1.807) is 4.90 Å². The van der Waals surface area contributed by atoms with E-state index in [1.165, 1.54) is 4.90 Å². The molecule has 2 fully saturated rings. The number of aromatic nitrogens is 2. The third-order valence-electron chi connectivity index (χ3n) is 6.29. The van der Waals surface area contributed by atoms with Crippen LogP contribution < -0.4 is 4.74 Å². The van der Waals surface area contributed by atoms with Crippen molar-refractivity contribution in [1.29, 1.82) is 0 Å². The number of urea groups is 1. The minimum atomic E-state index is -0.144. The number of fused-ring (bicyclic) bond motifs is 1. The largest absolute Gasteiger partial charge is 0.490 e. The molecule has 0 radical (unpaired) electrons. The number of pyridine rings is 1. The van der Waals surface area contributed by atoms with Crippen molar-refractivity contribution in [1.82, 2.24) is 19.4 Å². The summed E-state index contributed by atoms with van der Waals surface area (Å²) in [6.45, 7) is 3.86. The molecule has 1 aromatic carbocycles. The summed E-state index contributed by atoms with van der Waals surface area (Å²) in [5.41, 5.74) is 4.45. The standard InChI is InChI=1S/C24H26N4O3/c1-17-22(9-6-19-10-13-25-28(17)19)18-4-7-20(8-5-18)31-21-11-15-26(16-12-21)24(30)27-14-2-3-23(27)29/h4-10,13,21H,2-3,11-12,14-16H2,1H3. The van der Waals surface area contributed by atoms with Crippen molar-refractivity contribution in [3.63, 3.8) is 0 Å². The summed E-state index contributed by atoms with van der Waals surface area (Å²) in [5, 5.41) is 4.39. The number of benzene rings is 1. The van der Waals surface area contributed by atoms with E-state index in [0.29, 0.717) is 26.1 Å². The number of hydrogen-bond acceptors (Lipinski definition) is 4. The Morgan fingerprint density at radius 2 is 1.81 bits per heavy atom. The van der Waals surface area contributed by atoms with Crippen LogP contribution >= 0.6 is 0 Å². The average Bonchev–Trinajstić information content (AvgIpc) is 3.44. The summed E-state index contributed by atoms with van der Waals surface area (Å²) in [6, 6.07) is 14.2. The Kier molecular flexibility index (Phi) is 5.10. The first-order valence-corrected chi connectivity index (χ1v) is 10.9. The molecule has 3 amide bonds. The van der Waals surface area contributed by atoms with Crippen molar-refractivity contribution in [2.45, 2.75) is 38.7 Å². The Balaban J connectivity index is 1.20. The lowest BCUT2D eigenvalue weighted by molar-refractivity contribution is -0.125. The van der Waals surface area contributed by atoms with Crippen LogP contribution in [0.25, 0.3) is 16.6 Å². The van der Waals surface area contributed by atoms with E-state index in [9.17, 15) is 9.59 Å². The highest BCUT2D eigenvalue weighted by Gasteiger charge is 2.32. The van der Waals surface area contributed by atoms with Gasteiger partial charge in [0.05, 0.1) is 5.52 Å². The second kappa shape index (κ2) is 8.06. The minimum Gasteiger partial charge on any atom is -0.490 e. The van der Waals surface area contributed by atoms with Gasteiger partial charge in [-0.1, -0.05) is 18.2 Å². The zero-order valence-corrected chi connectivity index (χ0v) is 17.7. The maximum Gasteiger partial charge on any atom is 0.326 e. The van der Waals surface area contributed by atoms with Crippen LogP contribution in [0.4, 0.5) is 4.79 Å². The van der Waals surface area contributed by atoms with E-state index >= 15 is 0 Å². The normalized spacial score (nSPS) is 17.5. The zero-order valence-electron chi connectivity index (χ0n) is 17.7. The number of rotatable bonds is 3. The van der Waals surface area contributed by atoms with E-state index < -0.39 is 0 Å². The van der Waals surface area contributed by atoms with Crippen LogP contribution in [0.3, 0.4) is 0 Å². The first-order chi connectivity index (χ1) is 15.1. The number of carbonyl (C=O) groups excluding carboxylic acids is 2. The van der Waals surface area contributed by atoms with Gasteiger partial charge in [-0.2, -0.15) is 5.10 Å². The van der Waals surface area contributed by atoms with Gasteiger partial charge in [0, 0.05) is 56.4 Å². The highest BCUT2D eigenvalue weighted by molar-refractivity contribution is 5.95. The lowest BCUT2D eigenvalue weighted by atomic mass is 10.0. The molecule has 5 rings (SSSR count). The summed E-state index contributed by atoms with van der Waals surface area (Å²) in [4.78, 5) is 27.5. The molecule has 4 heterocycles. The van der Waals surface area contributed by atoms with Crippen molar-refractivity contribution >= 4 is 17.5 Å². The molecule has 2 aliphatic heterocycles. The Morgan fingerprint density at radius 3 is 2.52 bits per heavy atom. The highest BCUT2D eigenvalue weighted by atomic mass is 16.5. The van der Waals surface area contributed by atoms with E-state index in [-0.39, 0.29) is 18.0 Å². The molecular formula is C24H26N4O3. The third-order valence-corrected chi connectivity index (χ3v) is 6.29. The van der Waals surface area contributed by atoms with Crippen LogP contribution in [0.5, 0.6) is 5.75 Å². The fourth-order valence-electron chi connectivity index (χ4n) is 4.52. The van der Waals surface area contributed by atoms with Crippen LogP contribution in [-0.2, 0) is 4.79 Å². The number of piperidine rings is 1. The molecule has 2 aromatic heterocycles. The Hall–Kier alpha value is -3.35. The minimum absolute atomic E-state index is 0.0506. The molecule has 0 N–H and O–H groups in total. The number of carbonyl (C=O) groups is 2. The summed E-state index contributed by atoms with van der Waals surface area (Å²) in [6.07, 6.45) is 4.68. The maximum atomic E-state index is 12.5. The number of imide groups is 1. The molecule has 0 spiro atoms. The number of amides is 3. The predicted molar refractivity (Wildman–Crippen MR) is 117 cm³/mol. The van der Waals surface area contributed by atoms with Gasteiger partial charge in [-0.05, 0) is 43.2 Å². The number of ether oxygens (including phenoxy) is 1. The first kappa shape index (κ1) is 19.6. The topological polar surface area (TPSA) is 67.2 Å². The second-order valence-corrected chi connectivity index (χ2v) is 8.26. The van der Waals surface area contributed by atoms with Gasteiger partial charge in [-0.25, -0.2) is 9.31 Å². The summed E-state index contributed by atoms with van der Waals surface area (Å²) in [5.74, 6) is 0.784. The van der Waals surface area contributed by atoms with Gasteiger partial charge < -0.3 is 9.64 Å². The molecule has 0 unspecified atom stereocenters. The number of likely N-dealkylation sites (tertiary alicyclic amines) is 2. The van der Waals surface area contributed by atoms with Crippen LogP contribution in [0.2, 0.25) is 0 Å². The molecule has 0 atom stereocenters. The molecule has 2 aliphatic rings. The second-order valence-electron chi connectivity index (χ2n) is 8.26. The molecule has 3 aromatic rings. The lowest BCUT2D eigenvalue weighted by Gasteiger charge is -2.34. The van der Waals surface area contributed by atoms with Crippen LogP contribution in [-0.4, -0.2) is 57.1 Å². The zero-order chi connectivity index (χ0) is 21.4. The molecule has 0 saturated carbocycles. The quantitative estimate of drug-likeness (QED) is 0.647. The predicted octanol–water partition coefficient (Wildman–Crippen LogP) is 3.90. The molecule has 31 heavy (non-hydrogen) atoms. The monoisotopic (exact) mass is 418 g/mol. The van der Waals surface area contributed by atoms with Crippen LogP contribution in [0, 0.1) is 6.92 Å². The highest BCUT2D eigenvalue weighted by Crippen LogP contribution is 2.28. The van der Waals surface area contributed by atoms with Crippen molar-refractivity contribution < 1.29 is 14.3 Å². The van der Waals surface area contributed by atoms with Gasteiger partial charge in [0.15, 0.2) is 0 Å². The summed E-state index contributed by atoms with van der Waals surface area (Å²) < 4.78 is 8.12. The fraction of sp³-hybridized carbons (Fsp3) is 0.375. The van der Waals surface area contributed by atoms with Crippen molar-refractivity contribution in [3.8, 4) is 16.9 Å². The van der Waals surface area contributed by atoms with Crippen LogP contribution in [0.15, 0.2) is 48.7 Å². The van der Waals surface area contributed by atoms with Gasteiger partial charge >= 0.3 is 6.03 Å². The van der Waals surface area contributed by atoms with E-state index in [0.717, 1.165) is 47.3 Å².